The Hall–Kier alpha value is -0.0900. The second kappa shape index (κ2) is 7.79. The van der Waals surface area contributed by atoms with Gasteiger partial charge in [0.1, 0.15) is 0 Å². The average molecular weight is 361 g/mol. The number of benzene rings is 1. The van der Waals surface area contributed by atoms with Crippen LogP contribution in [0.4, 0.5) is 0 Å². The van der Waals surface area contributed by atoms with E-state index in [1.54, 1.807) is 0 Å². The minimum absolute atomic E-state index is 0.485. The number of hydrogen-bond donors (Lipinski definition) is 1. The second-order valence-corrected chi connectivity index (χ2v) is 7.21. The molecule has 1 unspecified atom stereocenters. The molecule has 0 heterocycles. The normalized spacial score (nSPS) is 17.9. The molecule has 1 fully saturated rings. The van der Waals surface area contributed by atoms with E-state index < -0.39 is 6.10 Å². The molecule has 0 bridgehead atoms. The van der Waals surface area contributed by atoms with E-state index in [1.807, 2.05) is 18.2 Å². The number of aliphatic hydroxyl groups is 1. The Morgan fingerprint density at radius 2 is 2.10 bits per heavy atom. The summed E-state index contributed by atoms with van der Waals surface area (Å²) in [7, 11) is 2.15. The smallest absolute Gasteiger partial charge is 0.0816 e. The molecule has 0 radical (unpaired) electrons. The quantitative estimate of drug-likeness (QED) is 0.798. The fraction of sp³-hybridized carbons (Fsp3) is 0.625. The molecule has 0 amide bonds. The van der Waals surface area contributed by atoms with E-state index in [0.717, 1.165) is 35.5 Å². The molecule has 1 saturated carbocycles. The zero-order valence-corrected chi connectivity index (χ0v) is 14.3. The fourth-order valence-corrected chi connectivity index (χ4v) is 3.79. The zero-order valence-electron chi connectivity index (χ0n) is 12.0. The molecule has 0 aromatic heterocycles. The first-order valence-electron chi connectivity index (χ1n) is 7.38. The van der Waals surface area contributed by atoms with Crippen molar-refractivity contribution >= 4 is 27.5 Å². The lowest BCUT2D eigenvalue weighted by Crippen LogP contribution is -2.26. The summed E-state index contributed by atoms with van der Waals surface area (Å²) >= 11 is 9.56. The van der Waals surface area contributed by atoms with Gasteiger partial charge in [-0.3, -0.25) is 0 Å². The largest absolute Gasteiger partial charge is 0.388 e. The highest BCUT2D eigenvalue weighted by molar-refractivity contribution is 9.10. The molecule has 2 rings (SSSR count). The first kappa shape index (κ1) is 16.3. The number of nitrogens with zero attached hydrogens (tertiary/aromatic N) is 1. The Labute approximate surface area is 135 Å². The van der Waals surface area contributed by atoms with Crippen molar-refractivity contribution in [2.75, 3.05) is 20.1 Å². The van der Waals surface area contributed by atoms with Gasteiger partial charge in [-0.1, -0.05) is 46.4 Å². The molecule has 4 heteroatoms. The predicted molar refractivity (Wildman–Crippen MR) is 88.2 cm³/mol. The van der Waals surface area contributed by atoms with Crippen LogP contribution < -0.4 is 0 Å². The third-order valence-electron chi connectivity index (χ3n) is 4.15. The van der Waals surface area contributed by atoms with Gasteiger partial charge in [-0.05, 0) is 49.9 Å². The zero-order chi connectivity index (χ0) is 14.5. The van der Waals surface area contributed by atoms with Crippen LogP contribution in [0.3, 0.4) is 0 Å². The second-order valence-electron chi connectivity index (χ2n) is 5.88. The number of hydrogen-bond acceptors (Lipinski definition) is 2. The maximum Gasteiger partial charge on any atom is 0.0816 e. The molecule has 0 spiro atoms. The lowest BCUT2D eigenvalue weighted by Gasteiger charge is -2.22. The lowest BCUT2D eigenvalue weighted by molar-refractivity contribution is 0.144. The van der Waals surface area contributed by atoms with Crippen LogP contribution in [0.2, 0.25) is 5.02 Å². The first-order chi connectivity index (χ1) is 9.56. The standard InChI is InChI=1S/C16H23BrClNO/c1-19(11-12-4-2-3-5-12)9-8-16(20)14-7-6-13(17)10-15(14)18/h6-7,10,12,16,20H,2-5,8-9,11H2,1H3. The van der Waals surface area contributed by atoms with Crippen LogP contribution in [-0.2, 0) is 0 Å². The van der Waals surface area contributed by atoms with Crippen molar-refractivity contribution in [3.8, 4) is 0 Å². The molecule has 1 aromatic carbocycles. The minimum Gasteiger partial charge on any atom is -0.388 e. The summed E-state index contributed by atoms with van der Waals surface area (Å²) in [5, 5.41) is 10.9. The van der Waals surface area contributed by atoms with Crippen LogP contribution in [0.5, 0.6) is 0 Å². The Morgan fingerprint density at radius 3 is 2.75 bits per heavy atom. The van der Waals surface area contributed by atoms with Gasteiger partial charge < -0.3 is 10.0 Å². The predicted octanol–water partition coefficient (Wildman–Crippen LogP) is 4.65. The average Bonchev–Trinajstić information content (AvgIpc) is 2.89. The molecule has 0 saturated heterocycles. The lowest BCUT2D eigenvalue weighted by atomic mass is 10.1. The molecular formula is C16H23BrClNO. The van der Waals surface area contributed by atoms with Gasteiger partial charge in [-0.25, -0.2) is 0 Å². The molecule has 1 aromatic rings. The molecule has 112 valence electrons. The minimum atomic E-state index is -0.485. The van der Waals surface area contributed by atoms with Gasteiger partial charge in [0, 0.05) is 22.6 Å². The van der Waals surface area contributed by atoms with Crippen molar-refractivity contribution in [2.45, 2.75) is 38.2 Å². The van der Waals surface area contributed by atoms with Crippen LogP contribution in [0.1, 0.15) is 43.8 Å². The van der Waals surface area contributed by atoms with Gasteiger partial charge in [-0.15, -0.1) is 0 Å². The van der Waals surface area contributed by atoms with Gasteiger partial charge in [0.2, 0.25) is 0 Å². The van der Waals surface area contributed by atoms with Crippen molar-refractivity contribution in [2.24, 2.45) is 5.92 Å². The van der Waals surface area contributed by atoms with Gasteiger partial charge in [0.05, 0.1) is 6.10 Å². The SMILES string of the molecule is CN(CCC(O)c1ccc(Br)cc1Cl)CC1CCCC1. The Balaban J connectivity index is 1.80. The van der Waals surface area contributed by atoms with Gasteiger partial charge in [0.25, 0.3) is 0 Å². The van der Waals surface area contributed by atoms with Crippen molar-refractivity contribution in [3.05, 3.63) is 33.3 Å². The third kappa shape index (κ3) is 4.73. The number of halogens is 2. The summed E-state index contributed by atoms with van der Waals surface area (Å²) in [5.74, 6) is 0.855. The monoisotopic (exact) mass is 359 g/mol. The van der Waals surface area contributed by atoms with Crippen LogP contribution in [0, 0.1) is 5.92 Å². The molecule has 20 heavy (non-hydrogen) atoms. The van der Waals surface area contributed by atoms with E-state index in [9.17, 15) is 5.11 Å². The van der Waals surface area contributed by atoms with Crippen molar-refractivity contribution in [1.29, 1.82) is 0 Å². The van der Waals surface area contributed by atoms with E-state index in [2.05, 4.69) is 27.9 Å². The van der Waals surface area contributed by atoms with Crippen LogP contribution in [0.15, 0.2) is 22.7 Å². The Bertz CT molecular complexity index is 434. The maximum absolute atomic E-state index is 10.3. The van der Waals surface area contributed by atoms with E-state index >= 15 is 0 Å². The summed E-state index contributed by atoms with van der Waals surface area (Å²) in [5.41, 5.74) is 0.823. The molecule has 1 atom stereocenters. The van der Waals surface area contributed by atoms with Crippen molar-refractivity contribution in [1.82, 2.24) is 4.90 Å². The molecule has 0 aliphatic heterocycles. The van der Waals surface area contributed by atoms with Gasteiger partial charge >= 0.3 is 0 Å². The summed E-state index contributed by atoms with van der Waals surface area (Å²) in [6, 6.07) is 5.66. The summed E-state index contributed by atoms with van der Waals surface area (Å²) < 4.78 is 0.941. The van der Waals surface area contributed by atoms with E-state index in [4.69, 9.17) is 11.6 Å². The van der Waals surface area contributed by atoms with Crippen LogP contribution in [-0.4, -0.2) is 30.1 Å². The van der Waals surface area contributed by atoms with Gasteiger partial charge in [-0.2, -0.15) is 0 Å². The Morgan fingerprint density at radius 1 is 1.40 bits per heavy atom. The molecule has 1 aliphatic rings. The number of rotatable bonds is 6. The highest BCUT2D eigenvalue weighted by Gasteiger charge is 2.18. The highest BCUT2D eigenvalue weighted by Crippen LogP contribution is 2.29. The Kier molecular flexibility index (Phi) is 6.34. The molecule has 1 aliphatic carbocycles. The van der Waals surface area contributed by atoms with Crippen molar-refractivity contribution in [3.63, 3.8) is 0 Å². The van der Waals surface area contributed by atoms with E-state index in [1.165, 1.54) is 25.7 Å². The summed E-state index contributed by atoms with van der Waals surface area (Å²) in [4.78, 5) is 2.34. The maximum atomic E-state index is 10.3. The van der Waals surface area contributed by atoms with E-state index in [0.29, 0.717) is 5.02 Å². The van der Waals surface area contributed by atoms with E-state index in [-0.39, 0.29) is 0 Å². The van der Waals surface area contributed by atoms with Gasteiger partial charge in [0.15, 0.2) is 0 Å². The molecule has 1 N–H and O–H groups in total. The molecule has 2 nitrogen and oxygen atoms in total. The topological polar surface area (TPSA) is 23.5 Å². The van der Waals surface area contributed by atoms with Crippen LogP contribution in [0.25, 0.3) is 0 Å². The van der Waals surface area contributed by atoms with Crippen molar-refractivity contribution < 1.29 is 5.11 Å². The fourth-order valence-electron chi connectivity index (χ4n) is 2.99. The summed E-state index contributed by atoms with van der Waals surface area (Å²) in [6.07, 6.45) is 5.74. The van der Waals surface area contributed by atoms with Crippen LogP contribution >= 0.6 is 27.5 Å². The number of aliphatic hydroxyl groups excluding tert-OH is 1. The first-order valence-corrected chi connectivity index (χ1v) is 8.55. The third-order valence-corrected chi connectivity index (χ3v) is 4.97. The molecular weight excluding hydrogens is 338 g/mol. The highest BCUT2D eigenvalue weighted by atomic mass is 79.9. The summed E-state index contributed by atoms with van der Waals surface area (Å²) in [6.45, 7) is 2.06.